The highest BCUT2D eigenvalue weighted by Gasteiger charge is 2.28. The van der Waals surface area contributed by atoms with E-state index in [1.165, 1.54) is 24.9 Å². The average Bonchev–Trinajstić information content (AvgIpc) is 2.47. The van der Waals surface area contributed by atoms with E-state index >= 15 is 0 Å². The fourth-order valence-corrected chi connectivity index (χ4v) is 3.39. The summed E-state index contributed by atoms with van der Waals surface area (Å²) in [5.41, 5.74) is 7.27. The Bertz CT molecular complexity index is 421. The zero-order chi connectivity index (χ0) is 14.5. The van der Waals surface area contributed by atoms with Crippen molar-refractivity contribution in [1.29, 1.82) is 0 Å². The van der Waals surface area contributed by atoms with Gasteiger partial charge in [0.1, 0.15) is 5.75 Å². The second-order valence-electron chi connectivity index (χ2n) is 6.12. The minimum Gasteiger partial charge on any atom is -0.496 e. The molecule has 3 heteroatoms. The van der Waals surface area contributed by atoms with Crippen LogP contribution in [-0.4, -0.2) is 37.2 Å². The van der Waals surface area contributed by atoms with Crippen LogP contribution in [0.5, 0.6) is 5.75 Å². The van der Waals surface area contributed by atoms with Crippen LogP contribution in [0, 0.1) is 5.92 Å². The molecule has 1 aromatic carbocycles. The molecule has 0 saturated carbocycles. The lowest BCUT2D eigenvalue weighted by molar-refractivity contribution is 0.0833. The van der Waals surface area contributed by atoms with Gasteiger partial charge in [-0.15, -0.1) is 0 Å². The fourth-order valence-electron chi connectivity index (χ4n) is 3.39. The second kappa shape index (κ2) is 7.09. The molecule has 1 aliphatic rings. The van der Waals surface area contributed by atoms with Gasteiger partial charge in [-0.1, -0.05) is 25.1 Å². The van der Waals surface area contributed by atoms with Crippen molar-refractivity contribution < 1.29 is 4.74 Å². The van der Waals surface area contributed by atoms with Crippen LogP contribution in [0.2, 0.25) is 0 Å². The molecule has 2 N–H and O–H groups in total. The minimum atomic E-state index is 0.507. The maximum absolute atomic E-state index is 5.98. The van der Waals surface area contributed by atoms with Crippen molar-refractivity contribution in [3.05, 3.63) is 29.8 Å². The van der Waals surface area contributed by atoms with Crippen LogP contribution >= 0.6 is 0 Å². The molecule has 0 bridgehead atoms. The molecule has 2 rings (SSSR count). The number of likely N-dealkylation sites (tertiary alicyclic amines) is 1. The number of ether oxygens (including phenoxy) is 1. The molecular weight excluding hydrogens is 248 g/mol. The van der Waals surface area contributed by atoms with E-state index in [9.17, 15) is 0 Å². The Morgan fingerprint density at radius 2 is 2.15 bits per heavy atom. The maximum Gasteiger partial charge on any atom is 0.122 e. The molecule has 112 valence electrons. The van der Waals surface area contributed by atoms with Crippen LogP contribution in [0.1, 0.15) is 32.3 Å². The quantitative estimate of drug-likeness (QED) is 0.898. The number of nitrogens with two attached hydrogens (primary N) is 1. The van der Waals surface area contributed by atoms with Crippen molar-refractivity contribution in [2.45, 2.75) is 45.2 Å². The number of methoxy groups -OCH3 is 1. The van der Waals surface area contributed by atoms with Crippen LogP contribution in [0.3, 0.4) is 0 Å². The zero-order valence-corrected chi connectivity index (χ0v) is 13.0. The Labute approximate surface area is 123 Å². The average molecular weight is 276 g/mol. The summed E-state index contributed by atoms with van der Waals surface area (Å²) in [5, 5.41) is 0. The standard InChI is InChI=1S/C17H28N2O/c1-13-8-9-19(16(10-13)12-18)14(2)11-15-6-4-5-7-17(15)20-3/h4-7,13-14,16H,8-12,18H2,1-3H3. The third-order valence-corrected chi connectivity index (χ3v) is 4.57. The smallest absolute Gasteiger partial charge is 0.122 e. The van der Waals surface area contributed by atoms with Gasteiger partial charge in [0, 0.05) is 18.6 Å². The Hall–Kier alpha value is -1.06. The lowest BCUT2D eigenvalue weighted by Crippen LogP contribution is -2.50. The SMILES string of the molecule is COc1ccccc1CC(C)N1CCC(C)CC1CN. The van der Waals surface area contributed by atoms with Crippen LogP contribution in [0.15, 0.2) is 24.3 Å². The summed E-state index contributed by atoms with van der Waals surface area (Å²) in [4.78, 5) is 2.59. The third-order valence-electron chi connectivity index (χ3n) is 4.57. The largest absolute Gasteiger partial charge is 0.496 e. The van der Waals surface area contributed by atoms with E-state index in [1.807, 2.05) is 12.1 Å². The molecule has 3 nitrogen and oxygen atoms in total. The van der Waals surface area contributed by atoms with Crippen molar-refractivity contribution in [3.8, 4) is 5.75 Å². The van der Waals surface area contributed by atoms with E-state index in [2.05, 4.69) is 30.9 Å². The number of para-hydroxylation sites is 1. The van der Waals surface area contributed by atoms with Crippen LogP contribution in [0.4, 0.5) is 0 Å². The van der Waals surface area contributed by atoms with Gasteiger partial charge in [-0.25, -0.2) is 0 Å². The van der Waals surface area contributed by atoms with Crippen molar-refractivity contribution in [2.75, 3.05) is 20.2 Å². The summed E-state index contributed by atoms with van der Waals surface area (Å²) >= 11 is 0. The van der Waals surface area contributed by atoms with Gasteiger partial charge in [-0.2, -0.15) is 0 Å². The summed E-state index contributed by atoms with van der Waals surface area (Å²) in [6.07, 6.45) is 3.54. The van der Waals surface area contributed by atoms with E-state index in [0.717, 1.165) is 24.6 Å². The predicted octanol–water partition coefficient (Wildman–Crippen LogP) is 2.69. The zero-order valence-electron chi connectivity index (χ0n) is 13.0. The first kappa shape index (κ1) is 15.3. The Kier molecular flexibility index (Phi) is 5.44. The molecule has 1 saturated heterocycles. The summed E-state index contributed by atoms with van der Waals surface area (Å²) in [7, 11) is 1.74. The van der Waals surface area contributed by atoms with Crippen molar-refractivity contribution in [1.82, 2.24) is 4.90 Å². The van der Waals surface area contributed by atoms with E-state index in [-0.39, 0.29) is 0 Å². The van der Waals surface area contributed by atoms with E-state index in [4.69, 9.17) is 10.5 Å². The highest BCUT2D eigenvalue weighted by molar-refractivity contribution is 5.33. The lowest BCUT2D eigenvalue weighted by atomic mass is 9.90. The van der Waals surface area contributed by atoms with Gasteiger partial charge in [0.15, 0.2) is 0 Å². The summed E-state index contributed by atoms with van der Waals surface area (Å²) < 4.78 is 5.46. The first-order chi connectivity index (χ1) is 9.65. The van der Waals surface area contributed by atoms with Gasteiger partial charge in [0.2, 0.25) is 0 Å². The number of piperidine rings is 1. The Balaban J connectivity index is 2.05. The fraction of sp³-hybridized carbons (Fsp3) is 0.647. The van der Waals surface area contributed by atoms with Gasteiger partial charge in [0.05, 0.1) is 7.11 Å². The molecule has 1 aliphatic heterocycles. The molecule has 1 heterocycles. The van der Waals surface area contributed by atoms with Crippen LogP contribution in [-0.2, 0) is 6.42 Å². The number of hydrogen-bond acceptors (Lipinski definition) is 3. The van der Waals surface area contributed by atoms with Gasteiger partial charge < -0.3 is 10.5 Å². The molecule has 0 spiro atoms. The molecule has 0 aliphatic carbocycles. The van der Waals surface area contributed by atoms with Crippen LogP contribution < -0.4 is 10.5 Å². The lowest BCUT2D eigenvalue weighted by Gasteiger charge is -2.42. The molecule has 1 fully saturated rings. The van der Waals surface area contributed by atoms with Crippen molar-refractivity contribution in [3.63, 3.8) is 0 Å². The molecule has 3 atom stereocenters. The topological polar surface area (TPSA) is 38.5 Å². The Morgan fingerprint density at radius 3 is 2.85 bits per heavy atom. The number of benzene rings is 1. The normalized spacial score (nSPS) is 25.4. The monoisotopic (exact) mass is 276 g/mol. The van der Waals surface area contributed by atoms with E-state index in [1.54, 1.807) is 7.11 Å². The molecular formula is C17H28N2O. The molecule has 20 heavy (non-hydrogen) atoms. The first-order valence-electron chi connectivity index (χ1n) is 7.73. The number of rotatable bonds is 5. The first-order valence-corrected chi connectivity index (χ1v) is 7.73. The number of nitrogens with zero attached hydrogens (tertiary/aromatic N) is 1. The summed E-state index contributed by atoms with van der Waals surface area (Å²) in [6.45, 7) is 6.58. The van der Waals surface area contributed by atoms with Crippen molar-refractivity contribution >= 4 is 0 Å². The third kappa shape index (κ3) is 3.53. The van der Waals surface area contributed by atoms with Crippen LogP contribution in [0.25, 0.3) is 0 Å². The highest BCUT2D eigenvalue weighted by atomic mass is 16.5. The predicted molar refractivity (Wildman–Crippen MR) is 84.1 cm³/mol. The maximum atomic E-state index is 5.98. The molecule has 0 radical (unpaired) electrons. The van der Waals surface area contributed by atoms with Gasteiger partial charge in [-0.05, 0) is 50.3 Å². The molecule has 3 unspecified atom stereocenters. The second-order valence-corrected chi connectivity index (χ2v) is 6.12. The highest BCUT2D eigenvalue weighted by Crippen LogP contribution is 2.27. The Morgan fingerprint density at radius 1 is 1.40 bits per heavy atom. The van der Waals surface area contributed by atoms with Gasteiger partial charge >= 0.3 is 0 Å². The van der Waals surface area contributed by atoms with Gasteiger partial charge in [-0.3, -0.25) is 4.90 Å². The van der Waals surface area contributed by atoms with Gasteiger partial charge in [0.25, 0.3) is 0 Å². The van der Waals surface area contributed by atoms with E-state index < -0.39 is 0 Å². The molecule has 0 aromatic heterocycles. The minimum absolute atomic E-state index is 0.507. The van der Waals surface area contributed by atoms with Crippen molar-refractivity contribution in [2.24, 2.45) is 11.7 Å². The number of hydrogen-bond donors (Lipinski definition) is 1. The molecule has 0 amide bonds. The van der Waals surface area contributed by atoms with E-state index in [0.29, 0.717) is 12.1 Å². The summed E-state index contributed by atoms with van der Waals surface area (Å²) in [6, 6.07) is 9.36. The molecule has 1 aromatic rings. The summed E-state index contributed by atoms with van der Waals surface area (Å²) in [5.74, 6) is 1.80.